The lowest BCUT2D eigenvalue weighted by molar-refractivity contribution is 0.0950. The predicted octanol–water partition coefficient (Wildman–Crippen LogP) is 2.00. The molecule has 1 amide bonds. The molecule has 9 heteroatoms. The van der Waals surface area contributed by atoms with E-state index in [-0.39, 0.29) is 5.69 Å². The maximum Gasteiger partial charge on any atom is 0.291 e. The van der Waals surface area contributed by atoms with Crippen LogP contribution in [0.15, 0.2) is 46.6 Å². The highest BCUT2D eigenvalue weighted by Gasteiger charge is 2.10. The lowest BCUT2D eigenvalue weighted by Gasteiger charge is -2.05. The lowest BCUT2D eigenvalue weighted by Crippen LogP contribution is -2.19. The van der Waals surface area contributed by atoms with Gasteiger partial charge in [-0.1, -0.05) is 0 Å². The fraction of sp³-hybridized carbons (Fsp3) is 0.176. The second kappa shape index (κ2) is 7.97. The number of carbonyl (C=O) groups is 1. The number of ether oxygens (including phenoxy) is 1. The molecule has 3 rings (SSSR count). The molecule has 0 saturated carbocycles. The van der Waals surface area contributed by atoms with Crippen LogP contribution in [0.5, 0.6) is 5.88 Å². The van der Waals surface area contributed by atoms with E-state index in [0.29, 0.717) is 29.6 Å². The van der Waals surface area contributed by atoms with Gasteiger partial charge < -0.3 is 9.15 Å². The first-order valence-electron chi connectivity index (χ1n) is 7.82. The molecule has 0 radical (unpaired) electrons. The highest BCUT2D eigenvalue weighted by molar-refractivity contribution is 5.93. The molecule has 0 fully saturated rings. The summed E-state index contributed by atoms with van der Waals surface area (Å²) in [4.78, 5) is 28.6. The molecule has 3 aromatic heterocycles. The Hall–Kier alpha value is -3.62. The van der Waals surface area contributed by atoms with E-state index in [1.165, 1.54) is 18.8 Å². The third-order valence-electron chi connectivity index (χ3n) is 3.32. The third-order valence-corrected chi connectivity index (χ3v) is 3.32. The van der Waals surface area contributed by atoms with Gasteiger partial charge in [-0.2, -0.15) is 5.10 Å². The van der Waals surface area contributed by atoms with Crippen molar-refractivity contribution < 1.29 is 13.9 Å². The van der Waals surface area contributed by atoms with Crippen LogP contribution in [0.2, 0.25) is 0 Å². The molecule has 3 aromatic rings. The molecule has 0 spiro atoms. The van der Waals surface area contributed by atoms with Gasteiger partial charge in [0, 0.05) is 17.8 Å². The SMILES string of the molecule is CCOc1ccc(-c2cncc(C(=O)N/N=C/c3ocnc3C)n2)cn1. The smallest absolute Gasteiger partial charge is 0.291 e. The molecule has 0 aromatic carbocycles. The van der Waals surface area contributed by atoms with E-state index in [4.69, 9.17) is 9.15 Å². The van der Waals surface area contributed by atoms with Gasteiger partial charge in [0.1, 0.15) is 5.69 Å². The number of pyridine rings is 1. The Labute approximate surface area is 149 Å². The largest absolute Gasteiger partial charge is 0.478 e. The first-order chi connectivity index (χ1) is 12.7. The fourth-order valence-electron chi connectivity index (χ4n) is 2.02. The Morgan fingerprint density at radius 2 is 2.19 bits per heavy atom. The molecule has 0 atom stereocenters. The number of hydrogen-bond acceptors (Lipinski definition) is 8. The molecule has 0 aliphatic heterocycles. The fourth-order valence-corrected chi connectivity index (χ4v) is 2.02. The molecule has 0 aliphatic rings. The van der Waals surface area contributed by atoms with Crippen LogP contribution in [-0.2, 0) is 0 Å². The average molecular weight is 352 g/mol. The van der Waals surface area contributed by atoms with E-state index >= 15 is 0 Å². The summed E-state index contributed by atoms with van der Waals surface area (Å²) in [5.41, 5.74) is 4.41. The van der Waals surface area contributed by atoms with Crippen molar-refractivity contribution in [2.75, 3.05) is 6.61 Å². The van der Waals surface area contributed by atoms with Crippen molar-refractivity contribution in [3.8, 4) is 17.1 Å². The second-order valence-corrected chi connectivity index (χ2v) is 5.11. The summed E-state index contributed by atoms with van der Waals surface area (Å²) in [5.74, 6) is 0.493. The maximum atomic E-state index is 12.2. The van der Waals surface area contributed by atoms with E-state index < -0.39 is 5.91 Å². The van der Waals surface area contributed by atoms with Crippen LogP contribution in [0.3, 0.4) is 0 Å². The number of aryl methyl sites for hydroxylation is 1. The Morgan fingerprint density at radius 3 is 2.88 bits per heavy atom. The Balaban J connectivity index is 1.71. The predicted molar refractivity (Wildman–Crippen MR) is 92.7 cm³/mol. The number of hydrogen-bond donors (Lipinski definition) is 1. The van der Waals surface area contributed by atoms with Gasteiger partial charge in [0.25, 0.3) is 5.91 Å². The molecular formula is C17H16N6O3. The molecule has 0 saturated heterocycles. The van der Waals surface area contributed by atoms with Gasteiger partial charge in [0.05, 0.1) is 36.6 Å². The van der Waals surface area contributed by atoms with Crippen molar-refractivity contribution >= 4 is 12.1 Å². The number of nitrogens with zero attached hydrogens (tertiary/aromatic N) is 5. The van der Waals surface area contributed by atoms with Gasteiger partial charge in [-0.25, -0.2) is 20.4 Å². The summed E-state index contributed by atoms with van der Waals surface area (Å²) in [6, 6.07) is 3.53. The van der Waals surface area contributed by atoms with Crippen LogP contribution in [0.4, 0.5) is 0 Å². The Morgan fingerprint density at radius 1 is 1.31 bits per heavy atom. The summed E-state index contributed by atoms with van der Waals surface area (Å²) in [7, 11) is 0. The first kappa shape index (κ1) is 17.2. The molecule has 1 N–H and O–H groups in total. The maximum absolute atomic E-state index is 12.2. The topological polar surface area (TPSA) is 115 Å². The number of oxazole rings is 1. The van der Waals surface area contributed by atoms with Gasteiger partial charge in [0.2, 0.25) is 5.88 Å². The van der Waals surface area contributed by atoms with E-state index in [1.54, 1.807) is 31.5 Å². The standard InChI is InChI=1S/C17H16N6O3/c1-3-25-16-5-4-12(6-19-16)13-7-18-8-14(22-13)17(24)23-21-9-15-11(2)20-10-26-15/h4-10H,3H2,1-2H3,(H,23,24)/b21-9+. The van der Waals surface area contributed by atoms with Crippen LogP contribution < -0.4 is 10.2 Å². The number of rotatable bonds is 6. The van der Waals surface area contributed by atoms with E-state index in [1.807, 2.05) is 6.92 Å². The minimum absolute atomic E-state index is 0.128. The average Bonchev–Trinajstić information content (AvgIpc) is 3.07. The van der Waals surface area contributed by atoms with Crippen LogP contribution >= 0.6 is 0 Å². The van der Waals surface area contributed by atoms with Gasteiger partial charge >= 0.3 is 0 Å². The normalized spacial score (nSPS) is 10.8. The van der Waals surface area contributed by atoms with Crippen LogP contribution in [0.1, 0.15) is 28.9 Å². The minimum Gasteiger partial charge on any atom is -0.478 e. The monoisotopic (exact) mass is 352 g/mol. The van der Waals surface area contributed by atoms with Crippen molar-refractivity contribution in [3.63, 3.8) is 0 Å². The van der Waals surface area contributed by atoms with Crippen LogP contribution in [0.25, 0.3) is 11.3 Å². The van der Waals surface area contributed by atoms with Gasteiger partial charge in [0.15, 0.2) is 12.2 Å². The zero-order valence-electron chi connectivity index (χ0n) is 14.2. The quantitative estimate of drug-likeness (QED) is 0.533. The molecule has 3 heterocycles. The van der Waals surface area contributed by atoms with Crippen molar-refractivity contribution in [2.45, 2.75) is 13.8 Å². The van der Waals surface area contributed by atoms with Crippen LogP contribution in [0, 0.1) is 6.92 Å². The van der Waals surface area contributed by atoms with Gasteiger partial charge in [-0.3, -0.25) is 9.78 Å². The summed E-state index contributed by atoms with van der Waals surface area (Å²) in [6.07, 6.45) is 7.19. The molecule has 9 nitrogen and oxygen atoms in total. The summed E-state index contributed by atoms with van der Waals surface area (Å²) >= 11 is 0. The second-order valence-electron chi connectivity index (χ2n) is 5.11. The highest BCUT2D eigenvalue weighted by atomic mass is 16.5. The van der Waals surface area contributed by atoms with Crippen molar-refractivity contribution in [3.05, 3.63) is 54.3 Å². The number of carbonyl (C=O) groups excluding carboxylic acids is 1. The lowest BCUT2D eigenvalue weighted by atomic mass is 10.2. The van der Waals surface area contributed by atoms with Gasteiger partial charge in [-0.15, -0.1) is 0 Å². The summed E-state index contributed by atoms with van der Waals surface area (Å²) in [6.45, 7) is 4.19. The third kappa shape index (κ3) is 4.07. The molecule has 132 valence electrons. The minimum atomic E-state index is -0.494. The molecule has 0 aliphatic carbocycles. The molecule has 0 unspecified atom stereocenters. The molecule has 26 heavy (non-hydrogen) atoms. The van der Waals surface area contributed by atoms with E-state index in [9.17, 15) is 4.79 Å². The van der Waals surface area contributed by atoms with Crippen molar-refractivity contribution in [2.24, 2.45) is 5.10 Å². The van der Waals surface area contributed by atoms with Gasteiger partial charge in [-0.05, 0) is 19.9 Å². The first-order valence-corrected chi connectivity index (χ1v) is 7.82. The zero-order valence-corrected chi connectivity index (χ0v) is 14.2. The summed E-state index contributed by atoms with van der Waals surface area (Å²) in [5, 5.41) is 3.83. The van der Waals surface area contributed by atoms with E-state index in [0.717, 1.165) is 5.56 Å². The number of aromatic nitrogens is 4. The number of nitrogens with one attached hydrogen (secondary N) is 1. The number of amides is 1. The molecule has 0 bridgehead atoms. The number of hydrazone groups is 1. The summed E-state index contributed by atoms with van der Waals surface area (Å²) < 4.78 is 10.4. The van der Waals surface area contributed by atoms with Crippen molar-refractivity contribution in [1.29, 1.82) is 0 Å². The van der Waals surface area contributed by atoms with Crippen LogP contribution in [-0.4, -0.2) is 38.7 Å². The molecular weight excluding hydrogens is 336 g/mol. The Bertz CT molecular complexity index is 920. The Kier molecular flexibility index (Phi) is 5.28. The van der Waals surface area contributed by atoms with E-state index in [2.05, 4.69) is 30.5 Å². The van der Waals surface area contributed by atoms with Crippen molar-refractivity contribution in [1.82, 2.24) is 25.4 Å². The zero-order chi connectivity index (χ0) is 18.4. The highest BCUT2D eigenvalue weighted by Crippen LogP contribution is 2.17.